The van der Waals surface area contributed by atoms with Crippen molar-refractivity contribution in [1.29, 1.82) is 0 Å². The van der Waals surface area contributed by atoms with Gasteiger partial charge in [0.15, 0.2) is 5.82 Å². The minimum Gasteiger partial charge on any atom is -0.494 e. The van der Waals surface area contributed by atoms with Crippen molar-refractivity contribution < 1.29 is 32.2 Å². The zero-order valence-corrected chi connectivity index (χ0v) is 33.4. The average molecular weight is 822 g/mol. The number of alkyl halides is 3. The van der Waals surface area contributed by atoms with Gasteiger partial charge in [-0.2, -0.15) is 22.9 Å². The molecule has 3 aliphatic rings. The van der Waals surface area contributed by atoms with Crippen LogP contribution in [0, 0.1) is 6.92 Å². The number of amidine groups is 1. The summed E-state index contributed by atoms with van der Waals surface area (Å²) in [6.07, 6.45) is 1.46. The zero-order chi connectivity index (χ0) is 40.6. The van der Waals surface area contributed by atoms with Gasteiger partial charge in [0.05, 0.1) is 35.3 Å². The lowest BCUT2D eigenvalue weighted by molar-refractivity contribution is -0.147. The van der Waals surface area contributed by atoms with Crippen LogP contribution in [0.25, 0.3) is 10.4 Å². The molecule has 2 aromatic carbocycles. The Morgan fingerprint density at radius 3 is 2.43 bits per heavy atom. The molecule has 1 unspecified atom stereocenters. The average Bonchev–Trinajstić information content (AvgIpc) is 4.00. The molecule has 4 aromatic rings. The number of ether oxygens (including phenoxy) is 2. The number of thiazole rings is 1. The molecule has 2 amide bonds. The smallest absolute Gasteiger partial charge is 0.453 e. The third kappa shape index (κ3) is 10.0. The van der Waals surface area contributed by atoms with E-state index in [2.05, 4.69) is 47.5 Å². The number of hydrogen-bond acceptors (Lipinski definition) is 11. The van der Waals surface area contributed by atoms with Gasteiger partial charge in [0.25, 0.3) is 5.82 Å². The van der Waals surface area contributed by atoms with Crippen LogP contribution in [0.5, 0.6) is 5.75 Å². The first-order chi connectivity index (χ1) is 28.0. The van der Waals surface area contributed by atoms with E-state index < -0.39 is 18.0 Å². The number of carbonyl (C=O) groups is 2. The summed E-state index contributed by atoms with van der Waals surface area (Å²) in [6, 6.07) is 15.6. The standard InChI is InChI=1S/C41H50F3N9O4S/c1-27-38(58-26-47-27)31-8-6-30(7-9-31)34(52-19-4-5-33(52)39(45)55)25-37(54)46-18-24-56-22-2-3-23-57-32-12-10-28(11-13-32)29-16-20-51(21-17-29)36-15-14-35-48-49-40(41(42,43)44)53(35)50-36/h6-13,26,29,33-34H,2-5,14-25H2,1H3,(H2,45,55)(H,46,54)/t33?,34-/m0/s1. The minimum absolute atomic E-state index is 0.108. The summed E-state index contributed by atoms with van der Waals surface area (Å²) in [7, 11) is 0. The van der Waals surface area contributed by atoms with E-state index in [0.717, 1.165) is 77.3 Å². The summed E-state index contributed by atoms with van der Waals surface area (Å²) in [6.45, 7) is 6.01. The minimum atomic E-state index is -4.60. The molecular weight excluding hydrogens is 772 g/mol. The van der Waals surface area contributed by atoms with Crippen molar-refractivity contribution >= 4 is 29.0 Å². The number of primary amides is 1. The molecule has 0 saturated carbocycles. The van der Waals surface area contributed by atoms with Gasteiger partial charge in [-0.3, -0.25) is 14.5 Å². The highest BCUT2D eigenvalue weighted by Gasteiger charge is 2.40. The van der Waals surface area contributed by atoms with Gasteiger partial charge in [0, 0.05) is 51.5 Å². The second-order valence-electron chi connectivity index (χ2n) is 15.0. The van der Waals surface area contributed by atoms with E-state index in [-0.39, 0.29) is 30.1 Å². The van der Waals surface area contributed by atoms with Crippen molar-refractivity contribution in [3.8, 4) is 16.2 Å². The van der Waals surface area contributed by atoms with Crippen LogP contribution in [0.15, 0.2) is 59.1 Å². The highest BCUT2D eigenvalue weighted by molar-refractivity contribution is 7.13. The van der Waals surface area contributed by atoms with Crippen molar-refractivity contribution in [2.45, 2.75) is 88.9 Å². The predicted octanol–water partition coefficient (Wildman–Crippen LogP) is 6.09. The quantitative estimate of drug-likeness (QED) is 0.128. The number of likely N-dealkylation sites (tertiary alicyclic amines) is 2. The SMILES string of the molecule is Cc1ncsc1-c1ccc([C@H](CC(=O)NCCOCCCCOc2ccc(C3CCN(C4=Nn5c(nnc5C(F)(F)F)CC4)CC3)cc2)N2CCCC2C(N)=O)cc1. The molecule has 17 heteroatoms. The van der Waals surface area contributed by atoms with Crippen LogP contribution in [0.2, 0.25) is 0 Å². The van der Waals surface area contributed by atoms with E-state index in [4.69, 9.17) is 15.2 Å². The van der Waals surface area contributed by atoms with Gasteiger partial charge < -0.3 is 25.4 Å². The maximum Gasteiger partial charge on any atom is 0.453 e. The Morgan fingerprint density at radius 2 is 1.72 bits per heavy atom. The van der Waals surface area contributed by atoms with Crippen molar-refractivity contribution in [3.05, 3.63) is 82.5 Å². The Hall–Kier alpha value is -4.87. The second kappa shape index (κ2) is 18.8. The molecule has 2 fully saturated rings. The third-order valence-corrected chi connectivity index (χ3v) is 12.2. The molecule has 2 atom stereocenters. The lowest BCUT2D eigenvalue weighted by atomic mass is 9.89. The Labute approximate surface area is 339 Å². The lowest BCUT2D eigenvalue weighted by Gasteiger charge is -2.35. The van der Waals surface area contributed by atoms with Gasteiger partial charge >= 0.3 is 6.18 Å². The van der Waals surface area contributed by atoms with E-state index >= 15 is 0 Å². The number of nitrogens with one attached hydrogen (secondary N) is 1. The van der Waals surface area contributed by atoms with Crippen LogP contribution >= 0.6 is 11.3 Å². The normalized spacial score (nSPS) is 18.2. The van der Waals surface area contributed by atoms with Crippen LogP contribution in [-0.2, 0) is 26.9 Å². The first-order valence-corrected chi connectivity index (χ1v) is 20.9. The van der Waals surface area contributed by atoms with E-state index in [1.165, 1.54) is 5.56 Å². The molecule has 3 N–H and O–H groups in total. The summed E-state index contributed by atoms with van der Waals surface area (Å²) in [4.78, 5) is 35.0. The summed E-state index contributed by atoms with van der Waals surface area (Å²) >= 11 is 1.59. The maximum atomic E-state index is 13.3. The molecular formula is C41H50F3N9O4S. The Kier molecular flexibility index (Phi) is 13.4. The second-order valence-corrected chi connectivity index (χ2v) is 15.9. The van der Waals surface area contributed by atoms with Gasteiger partial charge in [-0.25, -0.2) is 4.98 Å². The summed E-state index contributed by atoms with van der Waals surface area (Å²) < 4.78 is 52.6. The lowest BCUT2D eigenvalue weighted by Crippen LogP contribution is -2.43. The molecule has 2 aromatic heterocycles. The van der Waals surface area contributed by atoms with Gasteiger partial charge in [-0.15, -0.1) is 21.5 Å². The highest BCUT2D eigenvalue weighted by atomic mass is 32.1. The number of benzene rings is 2. The Balaban J connectivity index is 0.781. The number of fused-ring (bicyclic) bond motifs is 1. The number of aryl methyl sites for hydroxylation is 2. The maximum absolute atomic E-state index is 13.3. The Morgan fingerprint density at radius 1 is 0.966 bits per heavy atom. The third-order valence-electron chi connectivity index (χ3n) is 11.2. The first-order valence-electron chi connectivity index (χ1n) is 20.0. The van der Waals surface area contributed by atoms with Gasteiger partial charge in [0.1, 0.15) is 11.6 Å². The molecule has 5 heterocycles. The van der Waals surface area contributed by atoms with Gasteiger partial charge in [0.2, 0.25) is 11.8 Å². The molecule has 13 nitrogen and oxygen atoms in total. The molecule has 310 valence electrons. The van der Waals surface area contributed by atoms with Crippen molar-refractivity contribution in [2.75, 3.05) is 46.0 Å². The van der Waals surface area contributed by atoms with Crippen molar-refractivity contribution in [1.82, 2.24) is 35.0 Å². The Bertz CT molecular complexity index is 2030. The van der Waals surface area contributed by atoms with Crippen LogP contribution in [0.1, 0.15) is 91.8 Å². The number of unbranched alkanes of at least 4 members (excludes halogenated alkanes) is 1. The van der Waals surface area contributed by atoms with Gasteiger partial charge in [-0.1, -0.05) is 36.4 Å². The topological polar surface area (TPSA) is 153 Å². The van der Waals surface area contributed by atoms with Crippen LogP contribution in [0.4, 0.5) is 13.2 Å². The fourth-order valence-corrected chi connectivity index (χ4v) is 8.92. The number of halogens is 3. The van der Waals surface area contributed by atoms with Gasteiger partial charge in [-0.05, 0) is 86.7 Å². The molecule has 2 saturated heterocycles. The fraction of sp³-hybridized carbons (Fsp3) is 0.512. The molecule has 0 aliphatic carbocycles. The van der Waals surface area contributed by atoms with E-state index in [1.54, 1.807) is 11.3 Å². The number of carbonyl (C=O) groups excluding carboxylic acids is 2. The highest BCUT2D eigenvalue weighted by Crippen LogP contribution is 2.35. The van der Waals surface area contributed by atoms with E-state index in [1.807, 2.05) is 48.8 Å². The number of hydrogen-bond donors (Lipinski definition) is 2. The number of nitrogens with two attached hydrogens (primary N) is 1. The number of rotatable bonds is 16. The predicted molar refractivity (Wildman–Crippen MR) is 213 cm³/mol. The summed E-state index contributed by atoms with van der Waals surface area (Å²) in [5.74, 6) is 0.492. The fourth-order valence-electron chi connectivity index (χ4n) is 8.11. The number of nitrogens with zero attached hydrogens (tertiary/aromatic N) is 7. The van der Waals surface area contributed by atoms with Crippen LogP contribution in [-0.4, -0.2) is 99.3 Å². The number of aromatic nitrogens is 4. The van der Waals surface area contributed by atoms with Crippen molar-refractivity contribution in [3.63, 3.8) is 0 Å². The molecule has 3 aliphatic heterocycles. The summed E-state index contributed by atoms with van der Waals surface area (Å²) in [5, 5.41) is 14.2. The number of piperidine rings is 1. The molecule has 58 heavy (non-hydrogen) atoms. The van der Waals surface area contributed by atoms with Crippen LogP contribution in [0.3, 0.4) is 0 Å². The number of amides is 2. The van der Waals surface area contributed by atoms with E-state index in [9.17, 15) is 22.8 Å². The zero-order valence-electron chi connectivity index (χ0n) is 32.6. The van der Waals surface area contributed by atoms with Crippen LogP contribution < -0.4 is 15.8 Å². The van der Waals surface area contributed by atoms with E-state index in [0.29, 0.717) is 63.9 Å². The largest absolute Gasteiger partial charge is 0.494 e. The van der Waals surface area contributed by atoms with Crippen molar-refractivity contribution in [2.24, 2.45) is 10.8 Å². The molecule has 0 radical (unpaired) electrons. The molecule has 0 bridgehead atoms. The molecule has 0 spiro atoms. The monoisotopic (exact) mass is 821 g/mol. The first kappa shape index (κ1) is 41.3. The molecule has 7 rings (SSSR count). The summed E-state index contributed by atoms with van der Waals surface area (Å²) in [5.41, 5.74) is 11.8.